The number of allylic oxidation sites excluding steroid dienone is 1. The molecule has 7 aromatic rings. The third kappa shape index (κ3) is 3.70. The first kappa shape index (κ1) is 23.3. The van der Waals surface area contributed by atoms with E-state index in [0.29, 0.717) is 0 Å². The number of para-hydroxylation sites is 1. The number of benzene rings is 6. The average molecular weight is 501 g/mol. The second-order valence-corrected chi connectivity index (χ2v) is 10.0. The summed E-state index contributed by atoms with van der Waals surface area (Å²) in [6.07, 6.45) is 4.22. The highest BCUT2D eigenvalue weighted by atomic mass is 16.3. The molecular weight excluding hydrogens is 472 g/mol. The van der Waals surface area contributed by atoms with Gasteiger partial charge in [0.2, 0.25) is 0 Å². The summed E-state index contributed by atoms with van der Waals surface area (Å²) < 4.78 is 6.48. The van der Waals surface area contributed by atoms with Gasteiger partial charge in [0.1, 0.15) is 11.3 Å². The van der Waals surface area contributed by atoms with E-state index in [2.05, 4.69) is 147 Å². The van der Waals surface area contributed by atoms with Gasteiger partial charge < -0.3 is 4.42 Å². The second-order valence-electron chi connectivity index (χ2n) is 10.0. The predicted molar refractivity (Wildman–Crippen MR) is 167 cm³/mol. The van der Waals surface area contributed by atoms with E-state index < -0.39 is 0 Å². The molecule has 0 bridgehead atoms. The van der Waals surface area contributed by atoms with Gasteiger partial charge in [-0.3, -0.25) is 0 Å². The van der Waals surface area contributed by atoms with Crippen molar-refractivity contribution in [1.29, 1.82) is 0 Å². The zero-order chi connectivity index (χ0) is 26.3. The summed E-state index contributed by atoms with van der Waals surface area (Å²) in [7, 11) is 0. The highest BCUT2D eigenvalue weighted by Crippen LogP contribution is 2.47. The number of furan rings is 1. The van der Waals surface area contributed by atoms with Crippen LogP contribution in [0.25, 0.3) is 72.0 Å². The number of hydrogen-bond donors (Lipinski definition) is 0. The highest BCUT2D eigenvalue weighted by molar-refractivity contribution is 6.24. The van der Waals surface area contributed by atoms with Gasteiger partial charge in [-0.15, -0.1) is 0 Å². The Morgan fingerprint density at radius 1 is 0.487 bits per heavy atom. The van der Waals surface area contributed by atoms with Crippen LogP contribution in [-0.2, 0) is 0 Å². The van der Waals surface area contributed by atoms with Gasteiger partial charge in [0.25, 0.3) is 0 Å². The first-order valence-electron chi connectivity index (χ1n) is 13.5. The molecule has 0 aliphatic rings. The minimum Gasteiger partial charge on any atom is -0.460 e. The van der Waals surface area contributed by atoms with Crippen molar-refractivity contribution in [3.63, 3.8) is 0 Å². The van der Waals surface area contributed by atoms with E-state index in [4.69, 9.17) is 4.42 Å². The molecule has 39 heavy (non-hydrogen) atoms. The maximum atomic E-state index is 6.48. The molecule has 7 rings (SSSR count). The van der Waals surface area contributed by atoms with E-state index in [1.807, 2.05) is 0 Å². The van der Waals surface area contributed by atoms with Gasteiger partial charge in [0.05, 0.1) is 0 Å². The van der Waals surface area contributed by atoms with Gasteiger partial charge in [-0.1, -0.05) is 133 Å². The van der Waals surface area contributed by atoms with Crippen molar-refractivity contribution in [2.75, 3.05) is 0 Å². The molecule has 186 valence electrons. The zero-order valence-electron chi connectivity index (χ0n) is 22.1. The van der Waals surface area contributed by atoms with Crippen molar-refractivity contribution in [2.24, 2.45) is 0 Å². The molecule has 0 unspecified atom stereocenters. The molecule has 0 amide bonds. The van der Waals surface area contributed by atoms with E-state index in [1.165, 1.54) is 49.4 Å². The van der Waals surface area contributed by atoms with Crippen LogP contribution in [-0.4, -0.2) is 0 Å². The number of rotatable bonds is 4. The Morgan fingerprint density at radius 3 is 1.59 bits per heavy atom. The normalized spacial score (nSPS) is 11.7. The Kier molecular flexibility index (Phi) is 5.64. The molecule has 0 aliphatic carbocycles. The lowest BCUT2D eigenvalue weighted by atomic mass is 9.83. The summed E-state index contributed by atoms with van der Waals surface area (Å²) in [5.74, 6) is 0.942. The maximum absolute atomic E-state index is 6.48. The fourth-order valence-corrected chi connectivity index (χ4v) is 6.11. The molecule has 1 heterocycles. The Balaban J connectivity index is 1.63. The van der Waals surface area contributed by atoms with Crippen LogP contribution in [0.3, 0.4) is 0 Å². The van der Waals surface area contributed by atoms with Crippen molar-refractivity contribution in [2.45, 2.75) is 13.8 Å². The van der Waals surface area contributed by atoms with E-state index in [0.717, 1.165) is 27.9 Å². The van der Waals surface area contributed by atoms with Crippen LogP contribution >= 0.6 is 0 Å². The van der Waals surface area contributed by atoms with Crippen LogP contribution in [0.5, 0.6) is 0 Å². The molecule has 0 spiro atoms. The SMILES string of the molecule is C/C=C\c1c(C)oc2c(-c3c4ccccc4c(-c4ccccc4-c4ccccc4)c4ccccc34)cccc12. The first-order chi connectivity index (χ1) is 19.3. The molecular formula is C38H28O. The van der Waals surface area contributed by atoms with Crippen LogP contribution in [0.4, 0.5) is 0 Å². The van der Waals surface area contributed by atoms with E-state index in [9.17, 15) is 0 Å². The summed E-state index contributed by atoms with van der Waals surface area (Å²) in [4.78, 5) is 0. The molecule has 0 saturated carbocycles. The van der Waals surface area contributed by atoms with Gasteiger partial charge in [0, 0.05) is 22.1 Å². The Bertz CT molecular complexity index is 1970. The largest absolute Gasteiger partial charge is 0.460 e. The molecule has 1 nitrogen and oxygen atoms in total. The van der Waals surface area contributed by atoms with Gasteiger partial charge in [-0.05, 0) is 57.6 Å². The molecule has 1 aromatic heterocycles. The summed E-state index contributed by atoms with van der Waals surface area (Å²) in [6, 6.07) is 43.6. The Morgan fingerprint density at radius 2 is 0.974 bits per heavy atom. The van der Waals surface area contributed by atoms with Crippen molar-refractivity contribution >= 4 is 38.6 Å². The molecule has 0 atom stereocenters. The minimum absolute atomic E-state index is 0.941. The number of hydrogen-bond acceptors (Lipinski definition) is 1. The van der Waals surface area contributed by atoms with Crippen molar-refractivity contribution in [3.8, 4) is 33.4 Å². The van der Waals surface area contributed by atoms with Crippen LogP contribution < -0.4 is 0 Å². The molecule has 1 heteroatoms. The topological polar surface area (TPSA) is 13.1 Å². The van der Waals surface area contributed by atoms with Crippen LogP contribution in [0.15, 0.2) is 132 Å². The fourth-order valence-electron chi connectivity index (χ4n) is 6.11. The number of fused-ring (bicyclic) bond motifs is 3. The third-order valence-corrected chi connectivity index (χ3v) is 7.76. The second kappa shape index (κ2) is 9.45. The molecule has 0 N–H and O–H groups in total. The standard InChI is InChI=1S/C38H28O/c1-3-14-27-25(2)39-38-34(27)23-13-24-35(38)37-32-21-11-9-19-30(32)36(31-20-10-12-22-33(31)37)29-18-8-7-17-28(29)26-15-5-4-6-16-26/h3-24H,1-2H3/b14-3-. The van der Waals surface area contributed by atoms with E-state index in [-0.39, 0.29) is 0 Å². The smallest absolute Gasteiger partial charge is 0.142 e. The lowest BCUT2D eigenvalue weighted by Crippen LogP contribution is -1.92. The summed E-state index contributed by atoms with van der Waals surface area (Å²) in [5.41, 5.74) is 9.40. The summed E-state index contributed by atoms with van der Waals surface area (Å²) in [6.45, 7) is 4.11. The Labute approximate surface area is 228 Å². The average Bonchev–Trinajstić information content (AvgIpc) is 3.31. The predicted octanol–water partition coefficient (Wildman–Crippen LogP) is 11.1. The third-order valence-electron chi connectivity index (χ3n) is 7.76. The monoisotopic (exact) mass is 500 g/mol. The van der Waals surface area contributed by atoms with E-state index >= 15 is 0 Å². The first-order valence-corrected chi connectivity index (χ1v) is 13.5. The summed E-state index contributed by atoms with van der Waals surface area (Å²) in [5, 5.41) is 6.08. The van der Waals surface area contributed by atoms with Crippen LogP contribution in [0.2, 0.25) is 0 Å². The lowest BCUT2D eigenvalue weighted by molar-refractivity contribution is 0.578. The minimum atomic E-state index is 0.941. The van der Waals surface area contributed by atoms with Gasteiger partial charge in [-0.2, -0.15) is 0 Å². The van der Waals surface area contributed by atoms with Gasteiger partial charge in [0.15, 0.2) is 0 Å². The lowest BCUT2D eigenvalue weighted by Gasteiger charge is -2.19. The van der Waals surface area contributed by atoms with Crippen LogP contribution in [0, 0.1) is 6.92 Å². The van der Waals surface area contributed by atoms with Crippen molar-refractivity contribution < 1.29 is 4.42 Å². The molecule has 0 saturated heterocycles. The zero-order valence-corrected chi connectivity index (χ0v) is 22.1. The Hall–Kier alpha value is -4.88. The quantitative estimate of drug-likeness (QED) is 0.219. The fraction of sp³-hybridized carbons (Fsp3) is 0.0526. The molecule has 0 aliphatic heterocycles. The van der Waals surface area contributed by atoms with Gasteiger partial charge in [-0.25, -0.2) is 0 Å². The highest BCUT2D eigenvalue weighted by Gasteiger charge is 2.21. The van der Waals surface area contributed by atoms with Gasteiger partial charge >= 0.3 is 0 Å². The molecule has 0 radical (unpaired) electrons. The van der Waals surface area contributed by atoms with Crippen LogP contribution in [0.1, 0.15) is 18.2 Å². The van der Waals surface area contributed by atoms with E-state index in [1.54, 1.807) is 0 Å². The van der Waals surface area contributed by atoms with Crippen molar-refractivity contribution in [3.05, 3.63) is 139 Å². The molecule has 0 fully saturated rings. The summed E-state index contributed by atoms with van der Waals surface area (Å²) >= 11 is 0. The molecule has 6 aromatic carbocycles. The van der Waals surface area contributed by atoms with Crippen molar-refractivity contribution in [1.82, 2.24) is 0 Å². The number of aryl methyl sites for hydroxylation is 1. The maximum Gasteiger partial charge on any atom is 0.142 e.